The molecule has 0 radical (unpaired) electrons. The highest BCUT2D eigenvalue weighted by molar-refractivity contribution is 5.93. The van der Waals surface area contributed by atoms with Crippen molar-refractivity contribution in [3.8, 4) is 0 Å². The second-order valence-electron chi connectivity index (χ2n) is 7.72. The van der Waals surface area contributed by atoms with Crippen molar-refractivity contribution >= 4 is 23.3 Å². The summed E-state index contributed by atoms with van der Waals surface area (Å²) in [6.45, 7) is 6.78. The van der Waals surface area contributed by atoms with E-state index in [4.69, 9.17) is 4.74 Å². The molecule has 1 N–H and O–H groups in total. The SMILES string of the molecule is CCC(C)(C)NC(=O)COC(=O)c1ccc(N2CCCCCC2)c([N+](=O)[O-])c1. The molecule has 0 unspecified atom stereocenters. The third-order valence-electron chi connectivity index (χ3n) is 5.05. The number of ether oxygens (including phenoxy) is 1. The van der Waals surface area contributed by atoms with Crippen molar-refractivity contribution in [2.24, 2.45) is 0 Å². The molecule has 1 aliphatic rings. The van der Waals surface area contributed by atoms with Crippen LogP contribution in [0.4, 0.5) is 11.4 Å². The van der Waals surface area contributed by atoms with E-state index in [9.17, 15) is 19.7 Å². The number of hydrogen-bond acceptors (Lipinski definition) is 6. The zero-order valence-electron chi connectivity index (χ0n) is 16.8. The largest absolute Gasteiger partial charge is 0.452 e. The summed E-state index contributed by atoms with van der Waals surface area (Å²) in [5, 5.41) is 14.3. The lowest BCUT2D eigenvalue weighted by molar-refractivity contribution is -0.384. The van der Waals surface area contributed by atoms with Gasteiger partial charge in [0.1, 0.15) is 5.69 Å². The molecule has 28 heavy (non-hydrogen) atoms. The Labute approximate surface area is 165 Å². The van der Waals surface area contributed by atoms with Crippen molar-refractivity contribution in [2.45, 2.75) is 58.4 Å². The van der Waals surface area contributed by atoms with Crippen molar-refractivity contribution in [1.82, 2.24) is 5.32 Å². The predicted molar refractivity (Wildman–Crippen MR) is 107 cm³/mol. The monoisotopic (exact) mass is 391 g/mol. The van der Waals surface area contributed by atoms with Gasteiger partial charge in [0.05, 0.1) is 10.5 Å². The minimum atomic E-state index is -0.755. The van der Waals surface area contributed by atoms with Gasteiger partial charge in [0.15, 0.2) is 6.61 Å². The van der Waals surface area contributed by atoms with E-state index in [0.717, 1.165) is 45.2 Å². The van der Waals surface area contributed by atoms with Crippen LogP contribution in [-0.2, 0) is 9.53 Å². The minimum Gasteiger partial charge on any atom is -0.452 e. The van der Waals surface area contributed by atoms with Gasteiger partial charge in [-0.05, 0) is 45.2 Å². The Balaban J connectivity index is 2.09. The van der Waals surface area contributed by atoms with Crippen LogP contribution in [0.5, 0.6) is 0 Å². The fourth-order valence-electron chi connectivity index (χ4n) is 3.09. The highest BCUT2D eigenvalue weighted by Gasteiger charge is 2.24. The average molecular weight is 391 g/mol. The van der Waals surface area contributed by atoms with Crippen LogP contribution in [-0.4, -0.2) is 42.0 Å². The Morgan fingerprint density at radius 1 is 1.21 bits per heavy atom. The van der Waals surface area contributed by atoms with Crippen LogP contribution in [0.2, 0.25) is 0 Å². The van der Waals surface area contributed by atoms with Crippen molar-refractivity contribution in [2.75, 3.05) is 24.6 Å². The summed E-state index contributed by atoms with van der Waals surface area (Å²) >= 11 is 0. The zero-order valence-corrected chi connectivity index (χ0v) is 16.8. The first-order valence-corrected chi connectivity index (χ1v) is 9.75. The topological polar surface area (TPSA) is 102 Å². The lowest BCUT2D eigenvalue weighted by Gasteiger charge is -2.24. The first kappa shape index (κ1) is 21.7. The minimum absolute atomic E-state index is 0.0628. The van der Waals surface area contributed by atoms with Gasteiger partial charge >= 0.3 is 5.97 Å². The highest BCUT2D eigenvalue weighted by atomic mass is 16.6. The summed E-state index contributed by atoms with van der Waals surface area (Å²) in [6.07, 6.45) is 4.95. The van der Waals surface area contributed by atoms with Gasteiger partial charge in [-0.15, -0.1) is 0 Å². The molecule has 0 atom stereocenters. The fourth-order valence-corrected chi connectivity index (χ4v) is 3.09. The van der Waals surface area contributed by atoms with Crippen LogP contribution in [0.15, 0.2) is 18.2 Å². The molecule has 0 aromatic heterocycles. The molecule has 1 amide bonds. The second kappa shape index (κ2) is 9.52. The summed E-state index contributed by atoms with van der Waals surface area (Å²) < 4.78 is 5.03. The van der Waals surface area contributed by atoms with E-state index < -0.39 is 28.9 Å². The van der Waals surface area contributed by atoms with Gasteiger partial charge in [0.2, 0.25) is 0 Å². The summed E-state index contributed by atoms with van der Waals surface area (Å²) in [4.78, 5) is 37.2. The number of esters is 1. The molecule has 1 aromatic rings. The lowest BCUT2D eigenvalue weighted by Crippen LogP contribution is -2.44. The fraction of sp³-hybridized carbons (Fsp3) is 0.600. The van der Waals surface area contributed by atoms with Crippen LogP contribution in [0, 0.1) is 10.1 Å². The first-order chi connectivity index (χ1) is 13.2. The van der Waals surface area contributed by atoms with E-state index in [2.05, 4.69) is 5.32 Å². The maximum atomic E-state index is 12.3. The number of carbonyl (C=O) groups is 2. The number of amides is 1. The number of nitrogens with zero attached hydrogens (tertiary/aromatic N) is 2. The van der Waals surface area contributed by atoms with Gasteiger partial charge in [0, 0.05) is 24.7 Å². The number of hydrogen-bond donors (Lipinski definition) is 1. The van der Waals surface area contributed by atoms with Crippen molar-refractivity contribution in [1.29, 1.82) is 0 Å². The molecule has 0 bridgehead atoms. The first-order valence-electron chi connectivity index (χ1n) is 9.75. The molecule has 0 saturated carbocycles. The Morgan fingerprint density at radius 2 is 1.86 bits per heavy atom. The maximum absolute atomic E-state index is 12.3. The average Bonchev–Trinajstić information content (AvgIpc) is 2.94. The number of nitro groups is 1. The summed E-state index contributed by atoms with van der Waals surface area (Å²) in [5.41, 5.74) is 0.0727. The van der Waals surface area contributed by atoms with E-state index in [1.54, 1.807) is 6.07 Å². The number of carbonyl (C=O) groups excluding carboxylic acids is 2. The molecule has 8 heteroatoms. The Kier molecular flexibility index (Phi) is 7.37. The van der Waals surface area contributed by atoms with Crippen molar-refractivity contribution in [3.63, 3.8) is 0 Å². The van der Waals surface area contributed by atoms with Crippen LogP contribution in [0.3, 0.4) is 0 Å². The number of nitrogens with one attached hydrogen (secondary N) is 1. The second-order valence-corrected chi connectivity index (χ2v) is 7.72. The number of anilines is 1. The predicted octanol–water partition coefficient (Wildman–Crippen LogP) is 3.44. The van der Waals surface area contributed by atoms with E-state index in [1.165, 1.54) is 12.1 Å². The third kappa shape index (κ3) is 5.94. The molecule has 0 aliphatic carbocycles. The molecular formula is C20H29N3O5. The van der Waals surface area contributed by atoms with Gasteiger partial charge in [-0.1, -0.05) is 19.8 Å². The quantitative estimate of drug-likeness (QED) is 0.434. The summed E-state index contributed by atoms with van der Waals surface area (Å²) in [5.74, 6) is -1.16. The van der Waals surface area contributed by atoms with E-state index in [1.807, 2.05) is 25.7 Å². The molecular weight excluding hydrogens is 362 g/mol. The standard InChI is InChI=1S/C20H29N3O5/c1-4-20(2,3)21-18(24)14-28-19(25)15-9-10-16(17(13-15)23(26)27)22-11-7-5-6-8-12-22/h9-10,13H,4-8,11-12,14H2,1-3H3,(H,21,24). The van der Waals surface area contributed by atoms with Gasteiger partial charge in [-0.25, -0.2) is 4.79 Å². The molecule has 8 nitrogen and oxygen atoms in total. The van der Waals surface area contributed by atoms with Crippen molar-refractivity contribution < 1.29 is 19.2 Å². The highest BCUT2D eigenvalue weighted by Crippen LogP contribution is 2.31. The van der Waals surface area contributed by atoms with Crippen LogP contribution in [0.25, 0.3) is 0 Å². The molecule has 1 saturated heterocycles. The van der Waals surface area contributed by atoms with Gasteiger partial charge in [-0.2, -0.15) is 0 Å². The van der Waals surface area contributed by atoms with Gasteiger partial charge < -0.3 is 15.0 Å². The van der Waals surface area contributed by atoms with E-state index in [0.29, 0.717) is 5.69 Å². The van der Waals surface area contributed by atoms with Crippen molar-refractivity contribution in [3.05, 3.63) is 33.9 Å². The number of rotatable bonds is 7. The molecule has 1 heterocycles. The van der Waals surface area contributed by atoms with Crippen LogP contribution >= 0.6 is 0 Å². The van der Waals surface area contributed by atoms with Gasteiger partial charge in [-0.3, -0.25) is 14.9 Å². The third-order valence-corrected chi connectivity index (χ3v) is 5.05. The smallest absolute Gasteiger partial charge is 0.338 e. The molecule has 0 spiro atoms. The molecule has 1 aliphatic heterocycles. The van der Waals surface area contributed by atoms with Crippen LogP contribution < -0.4 is 10.2 Å². The molecule has 154 valence electrons. The normalized spacial score (nSPS) is 14.9. The number of nitro benzene ring substituents is 1. The zero-order chi connectivity index (χ0) is 20.7. The van der Waals surface area contributed by atoms with Gasteiger partial charge in [0.25, 0.3) is 11.6 Å². The van der Waals surface area contributed by atoms with E-state index in [-0.39, 0.29) is 11.3 Å². The number of benzene rings is 1. The maximum Gasteiger partial charge on any atom is 0.338 e. The Hall–Kier alpha value is -2.64. The van der Waals surface area contributed by atoms with E-state index >= 15 is 0 Å². The summed E-state index contributed by atoms with van der Waals surface area (Å²) in [7, 11) is 0. The molecule has 1 aromatic carbocycles. The summed E-state index contributed by atoms with van der Waals surface area (Å²) in [6, 6.07) is 4.35. The molecule has 1 fully saturated rings. The van der Waals surface area contributed by atoms with Crippen LogP contribution in [0.1, 0.15) is 63.2 Å². The lowest BCUT2D eigenvalue weighted by atomic mass is 10.0. The molecule has 2 rings (SSSR count). The Morgan fingerprint density at radius 3 is 2.43 bits per heavy atom. The Bertz CT molecular complexity index is 725.